The minimum atomic E-state index is -0.0755. The Balaban J connectivity index is 2.53. The zero-order chi connectivity index (χ0) is 19.7. The second-order valence-electron chi connectivity index (χ2n) is 7.73. The van der Waals surface area contributed by atoms with Crippen molar-refractivity contribution in [1.29, 1.82) is 0 Å². The highest BCUT2D eigenvalue weighted by molar-refractivity contribution is 5.99. The summed E-state index contributed by atoms with van der Waals surface area (Å²) in [6.45, 7) is 12.4. The molecule has 0 aliphatic heterocycles. The number of hydrazone groups is 1. The molecule has 0 radical (unpaired) electrons. The number of nitrogens with zero attached hydrogens (tertiary/aromatic N) is 1. The van der Waals surface area contributed by atoms with Crippen LogP contribution in [0.5, 0.6) is 5.75 Å². The molecule has 5 heteroatoms. The monoisotopic (exact) mass is 360 g/mol. The van der Waals surface area contributed by atoms with Gasteiger partial charge in [-0.3, -0.25) is 4.79 Å². The predicted molar refractivity (Wildman–Crippen MR) is 105 cm³/mol. The molecule has 1 aromatic carbocycles. The number of amides is 1. The van der Waals surface area contributed by atoms with Gasteiger partial charge >= 0.3 is 0 Å². The number of ketones is 1. The van der Waals surface area contributed by atoms with Gasteiger partial charge in [-0.2, -0.15) is 5.10 Å². The van der Waals surface area contributed by atoms with Gasteiger partial charge < -0.3 is 9.53 Å². The summed E-state index contributed by atoms with van der Waals surface area (Å²) in [6, 6.07) is 7.55. The summed E-state index contributed by atoms with van der Waals surface area (Å²) in [4.78, 5) is 23.0. The minimum Gasteiger partial charge on any atom is -0.494 e. The van der Waals surface area contributed by atoms with Crippen LogP contribution in [0.15, 0.2) is 29.4 Å². The maximum absolute atomic E-state index is 12.1. The average Bonchev–Trinajstić information content (AvgIpc) is 2.56. The highest BCUT2D eigenvalue weighted by atomic mass is 16.5. The second-order valence-corrected chi connectivity index (χ2v) is 7.73. The summed E-state index contributed by atoms with van der Waals surface area (Å²) >= 11 is 0. The van der Waals surface area contributed by atoms with Crippen molar-refractivity contribution in [3.05, 3.63) is 29.8 Å². The van der Waals surface area contributed by atoms with Crippen molar-refractivity contribution in [1.82, 2.24) is 5.43 Å². The number of hydrogen-bond donors (Lipinski definition) is 1. The maximum atomic E-state index is 12.1. The minimum absolute atomic E-state index is 0.0606. The molecule has 0 saturated carbocycles. The molecule has 1 amide bonds. The number of nitrogens with one attached hydrogen (secondary N) is 1. The summed E-state index contributed by atoms with van der Waals surface area (Å²) in [5, 5.41) is 4.20. The van der Waals surface area contributed by atoms with Gasteiger partial charge in [0.15, 0.2) is 0 Å². The van der Waals surface area contributed by atoms with Crippen molar-refractivity contribution in [2.75, 3.05) is 6.61 Å². The number of Topliss-reactive ketones (excluding diaryl/α,β-unsaturated/α-hetero) is 1. The quantitative estimate of drug-likeness (QED) is 0.383. The Morgan fingerprint density at radius 1 is 1.15 bits per heavy atom. The van der Waals surface area contributed by atoms with Gasteiger partial charge in [-0.25, -0.2) is 5.43 Å². The average molecular weight is 360 g/mol. The first-order valence-corrected chi connectivity index (χ1v) is 9.17. The third-order valence-electron chi connectivity index (χ3n) is 4.74. The van der Waals surface area contributed by atoms with Crippen molar-refractivity contribution in [3.8, 4) is 5.75 Å². The summed E-state index contributed by atoms with van der Waals surface area (Å²) in [7, 11) is 0. The fraction of sp³-hybridized carbons (Fsp3) is 0.571. The summed E-state index contributed by atoms with van der Waals surface area (Å²) in [6.07, 6.45) is 1.70. The van der Waals surface area contributed by atoms with Crippen LogP contribution < -0.4 is 10.2 Å². The smallest absolute Gasteiger partial charge is 0.240 e. The van der Waals surface area contributed by atoms with Gasteiger partial charge in [0.05, 0.1) is 12.3 Å². The molecule has 0 spiro atoms. The largest absolute Gasteiger partial charge is 0.494 e. The molecular weight excluding hydrogens is 328 g/mol. The number of carbonyl (C=O) groups is 2. The first kappa shape index (κ1) is 21.9. The van der Waals surface area contributed by atoms with E-state index in [-0.39, 0.29) is 17.1 Å². The first-order chi connectivity index (χ1) is 12.1. The molecule has 0 aliphatic carbocycles. The van der Waals surface area contributed by atoms with Crippen LogP contribution in [-0.2, 0) is 9.59 Å². The van der Waals surface area contributed by atoms with E-state index in [9.17, 15) is 9.59 Å². The molecule has 0 fully saturated rings. The Labute approximate surface area is 157 Å². The third-order valence-corrected chi connectivity index (χ3v) is 4.74. The maximum Gasteiger partial charge on any atom is 0.240 e. The normalized spacial score (nSPS) is 12.2. The summed E-state index contributed by atoms with van der Waals surface area (Å²) in [5.41, 5.74) is 4.24. The standard InChI is InChI=1S/C21H32N2O3/c1-15(2)21(5,6)14-20(25)23-22-17(4)18-9-11-19(12-10-18)26-13-7-8-16(3)24/h9-12,15H,7-8,13-14H2,1-6H3,(H,23,25)/b22-17+. The molecule has 0 atom stereocenters. The van der Waals surface area contributed by atoms with Crippen molar-refractivity contribution >= 4 is 17.4 Å². The van der Waals surface area contributed by atoms with Crippen LogP contribution in [0.25, 0.3) is 0 Å². The third kappa shape index (κ3) is 7.81. The van der Waals surface area contributed by atoms with E-state index >= 15 is 0 Å². The Morgan fingerprint density at radius 3 is 2.31 bits per heavy atom. The van der Waals surface area contributed by atoms with Crippen molar-refractivity contribution in [2.45, 2.75) is 60.8 Å². The van der Waals surface area contributed by atoms with Crippen LogP contribution in [0.1, 0.15) is 66.4 Å². The van der Waals surface area contributed by atoms with E-state index in [2.05, 4.69) is 38.2 Å². The van der Waals surface area contributed by atoms with E-state index in [1.807, 2.05) is 31.2 Å². The summed E-state index contributed by atoms with van der Waals surface area (Å²) in [5.74, 6) is 1.28. The van der Waals surface area contributed by atoms with Crippen LogP contribution in [0.4, 0.5) is 0 Å². The fourth-order valence-electron chi connectivity index (χ4n) is 2.17. The zero-order valence-corrected chi connectivity index (χ0v) is 16.9. The lowest BCUT2D eigenvalue weighted by Gasteiger charge is -2.27. The van der Waals surface area contributed by atoms with Crippen molar-refractivity contribution < 1.29 is 14.3 Å². The van der Waals surface area contributed by atoms with Crippen LogP contribution in [0.3, 0.4) is 0 Å². The van der Waals surface area contributed by atoms with E-state index in [4.69, 9.17) is 4.74 Å². The zero-order valence-electron chi connectivity index (χ0n) is 16.9. The number of carbonyl (C=O) groups excluding carboxylic acids is 2. The molecule has 26 heavy (non-hydrogen) atoms. The molecule has 0 unspecified atom stereocenters. The first-order valence-electron chi connectivity index (χ1n) is 9.17. The van der Waals surface area contributed by atoms with Crippen LogP contribution >= 0.6 is 0 Å². The molecule has 0 aliphatic rings. The predicted octanol–water partition coefficient (Wildman–Crippen LogP) is 4.35. The Morgan fingerprint density at radius 2 is 1.77 bits per heavy atom. The van der Waals surface area contributed by atoms with Gasteiger partial charge in [-0.15, -0.1) is 0 Å². The van der Waals surface area contributed by atoms with Crippen LogP contribution in [0.2, 0.25) is 0 Å². The molecule has 1 rings (SSSR count). The SMILES string of the molecule is CC(=O)CCCOc1ccc(/C(C)=N/NC(=O)CC(C)(C)C(C)C)cc1. The van der Waals surface area contributed by atoms with E-state index in [0.29, 0.717) is 25.4 Å². The van der Waals surface area contributed by atoms with Gasteiger partial charge in [-0.05, 0) is 61.4 Å². The molecule has 1 aromatic rings. The van der Waals surface area contributed by atoms with Gasteiger partial charge in [-0.1, -0.05) is 27.7 Å². The topological polar surface area (TPSA) is 67.8 Å². The van der Waals surface area contributed by atoms with Crippen molar-refractivity contribution in [3.63, 3.8) is 0 Å². The molecular formula is C21H32N2O3. The van der Waals surface area contributed by atoms with E-state index in [1.165, 1.54) is 0 Å². The molecule has 0 heterocycles. The fourth-order valence-corrected chi connectivity index (χ4v) is 2.17. The number of hydrogen-bond acceptors (Lipinski definition) is 4. The summed E-state index contributed by atoms with van der Waals surface area (Å²) < 4.78 is 5.60. The Kier molecular flexibility index (Phi) is 8.49. The Bertz CT molecular complexity index is 631. The molecule has 144 valence electrons. The van der Waals surface area contributed by atoms with Gasteiger partial charge in [0.25, 0.3) is 0 Å². The van der Waals surface area contributed by atoms with E-state index < -0.39 is 0 Å². The van der Waals surface area contributed by atoms with E-state index in [0.717, 1.165) is 23.4 Å². The highest BCUT2D eigenvalue weighted by Crippen LogP contribution is 2.29. The number of rotatable bonds is 10. The van der Waals surface area contributed by atoms with Gasteiger partial charge in [0.1, 0.15) is 11.5 Å². The van der Waals surface area contributed by atoms with Gasteiger partial charge in [0.2, 0.25) is 5.91 Å². The van der Waals surface area contributed by atoms with Crippen LogP contribution in [0, 0.1) is 11.3 Å². The number of ether oxygens (including phenoxy) is 1. The van der Waals surface area contributed by atoms with Gasteiger partial charge in [0, 0.05) is 12.8 Å². The molecule has 0 bridgehead atoms. The van der Waals surface area contributed by atoms with Crippen LogP contribution in [-0.4, -0.2) is 24.0 Å². The number of benzene rings is 1. The molecule has 5 nitrogen and oxygen atoms in total. The molecule has 0 saturated heterocycles. The van der Waals surface area contributed by atoms with Crippen molar-refractivity contribution in [2.24, 2.45) is 16.4 Å². The second kappa shape index (κ2) is 10.1. The lowest BCUT2D eigenvalue weighted by Crippen LogP contribution is -2.29. The highest BCUT2D eigenvalue weighted by Gasteiger charge is 2.25. The lowest BCUT2D eigenvalue weighted by molar-refractivity contribution is -0.123. The van der Waals surface area contributed by atoms with E-state index in [1.54, 1.807) is 6.92 Å². The Hall–Kier alpha value is -2.17. The molecule has 0 aromatic heterocycles. The lowest BCUT2D eigenvalue weighted by atomic mass is 9.78. The molecule has 1 N–H and O–H groups in total.